The highest BCUT2D eigenvalue weighted by molar-refractivity contribution is 5.88. The van der Waals surface area contributed by atoms with E-state index in [9.17, 15) is 9.18 Å². The third-order valence-corrected chi connectivity index (χ3v) is 5.45. The van der Waals surface area contributed by atoms with Crippen molar-refractivity contribution in [2.45, 2.75) is 37.8 Å². The number of rotatable bonds is 4. The van der Waals surface area contributed by atoms with E-state index in [0.717, 1.165) is 25.8 Å². The van der Waals surface area contributed by atoms with Gasteiger partial charge in [-0.3, -0.25) is 10.1 Å². The molecule has 2 aliphatic rings. The van der Waals surface area contributed by atoms with Gasteiger partial charge in [-0.25, -0.2) is 14.4 Å². The summed E-state index contributed by atoms with van der Waals surface area (Å²) in [5.74, 6) is 0.975. The number of hydrogen-bond donors (Lipinski definition) is 1. The van der Waals surface area contributed by atoms with Gasteiger partial charge in [0.2, 0.25) is 5.91 Å². The molecule has 7 heteroatoms. The highest BCUT2D eigenvalue weighted by Gasteiger charge is 2.50. The lowest BCUT2D eigenvalue weighted by molar-refractivity contribution is -0.131. The highest BCUT2D eigenvalue weighted by atomic mass is 19.1. The van der Waals surface area contributed by atoms with Crippen LogP contribution in [-0.2, 0) is 4.79 Å². The second-order valence-electron chi connectivity index (χ2n) is 7.17. The van der Waals surface area contributed by atoms with Gasteiger partial charge in [0.15, 0.2) is 0 Å². The molecule has 3 heterocycles. The first kappa shape index (κ1) is 17.9. The number of benzene rings is 1. The lowest BCUT2D eigenvalue weighted by Crippen LogP contribution is -2.47. The first-order valence-electron chi connectivity index (χ1n) is 9.31. The normalized spacial score (nSPS) is 24.8. The molecule has 1 N–H and O–H groups in total. The first-order valence-corrected chi connectivity index (χ1v) is 9.31. The van der Waals surface area contributed by atoms with Crippen molar-refractivity contribution in [1.82, 2.24) is 20.2 Å². The molecule has 2 saturated heterocycles. The van der Waals surface area contributed by atoms with E-state index >= 15 is 0 Å². The van der Waals surface area contributed by atoms with Crippen LogP contribution in [0.3, 0.4) is 0 Å². The zero-order valence-corrected chi connectivity index (χ0v) is 15.5. The van der Waals surface area contributed by atoms with Crippen LogP contribution < -0.4 is 10.1 Å². The van der Waals surface area contributed by atoms with Crippen LogP contribution in [0.5, 0.6) is 5.75 Å². The second-order valence-corrected chi connectivity index (χ2v) is 7.17. The number of carbonyl (C=O) groups excluding carboxylic acids is 1. The molecule has 1 amide bonds. The number of nitrogens with one attached hydrogen (secondary N) is 1. The van der Waals surface area contributed by atoms with Crippen LogP contribution in [0.25, 0.3) is 11.3 Å². The fourth-order valence-corrected chi connectivity index (χ4v) is 4.01. The number of likely N-dealkylation sites (N-methyl/N-ethyl adjacent to an activating group) is 1. The number of amides is 1. The van der Waals surface area contributed by atoms with E-state index in [4.69, 9.17) is 4.74 Å². The molecule has 2 aliphatic heterocycles. The second kappa shape index (κ2) is 6.88. The van der Waals surface area contributed by atoms with Gasteiger partial charge in [-0.05, 0) is 50.5 Å². The molecule has 0 radical (unpaired) electrons. The number of aromatic nitrogens is 2. The van der Waals surface area contributed by atoms with Crippen molar-refractivity contribution in [3.63, 3.8) is 0 Å². The molecule has 2 atom stereocenters. The van der Waals surface area contributed by atoms with Gasteiger partial charge in [0.1, 0.15) is 22.9 Å². The fraction of sp³-hybridized carbons (Fsp3) is 0.450. The molecule has 2 fully saturated rings. The van der Waals surface area contributed by atoms with E-state index in [1.165, 1.54) is 6.07 Å². The van der Waals surface area contributed by atoms with Gasteiger partial charge in [0.25, 0.3) is 0 Å². The summed E-state index contributed by atoms with van der Waals surface area (Å²) >= 11 is 0. The average molecular weight is 370 g/mol. The quantitative estimate of drug-likeness (QED) is 0.896. The number of hydrogen-bond acceptors (Lipinski definition) is 5. The summed E-state index contributed by atoms with van der Waals surface area (Å²) in [5, 5.41) is 3.45. The van der Waals surface area contributed by atoms with Gasteiger partial charge in [0, 0.05) is 25.4 Å². The SMILES string of the molecule is CCOc1ccc(F)c(-c2ccnc([C@@H]3CC[C@]4(CCN(C)C4=O)N3)n2)c1. The topological polar surface area (TPSA) is 67.3 Å². The monoisotopic (exact) mass is 370 g/mol. The first-order chi connectivity index (χ1) is 13.0. The molecule has 2 aromatic rings. The van der Waals surface area contributed by atoms with E-state index in [1.807, 2.05) is 14.0 Å². The summed E-state index contributed by atoms with van der Waals surface area (Å²) in [5.41, 5.74) is 0.393. The van der Waals surface area contributed by atoms with E-state index in [0.29, 0.717) is 29.4 Å². The Bertz CT molecular complexity index is 875. The maximum Gasteiger partial charge on any atom is 0.242 e. The molecule has 1 aromatic carbocycles. The Labute approximate surface area is 157 Å². The van der Waals surface area contributed by atoms with E-state index in [-0.39, 0.29) is 17.8 Å². The fourth-order valence-electron chi connectivity index (χ4n) is 4.01. The van der Waals surface area contributed by atoms with Gasteiger partial charge in [0.05, 0.1) is 18.3 Å². The maximum atomic E-state index is 14.4. The molecular weight excluding hydrogens is 347 g/mol. The molecule has 1 aromatic heterocycles. The van der Waals surface area contributed by atoms with Crippen molar-refractivity contribution in [3.8, 4) is 17.0 Å². The Kier molecular flexibility index (Phi) is 4.55. The van der Waals surface area contributed by atoms with Crippen LogP contribution in [0.2, 0.25) is 0 Å². The van der Waals surface area contributed by atoms with Crippen LogP contribution in [0.4, 0.5) is 4.39 Å². The zero-order valence-electron chi connectivity index (χ0n) is 15.5. The molecule has 0 unspecified atom stereocenters. The number of halogens is 1. The van der Waals surface area contributed by atoms with Gasteiger partial charge in [-0.1, -0.05) is 0 Å². The lowest BCUT2D eigenvalue weighted by Gasteiger charge is -2.23. The van der Waals surface area contributed by atoms with Gasteiger partial charge < -0.3 is 9.64 Å². The Morgan fingerprint density at radius 1 is 1.37 bits per heavy atom. The third kappa shape index (κ3) is 3.16. The molecular formula is C20H23FN4O2. The molecule has 0 bridgehead atoms. The van der Waals surface area contributed by atoms with Crippen molar-refractivity contribution in [2.24, 2.45) is 0 Å². The maximum absolute atomic E-state index is 14.4. The molecule has 1 spiro atoms. The summed E-state index contributed by atoms with van der Waals surface area (Å²) in [6.07, 6.45) is 3.98. The molecule has 6 nitrogen and oxygen atoms in total. The summed E-state index contributed by atoms with van der Waals surface area (Å²) in [4.78, 5) is 23.2. The largest absolute Gasteiger partial charge is 0.494 e. The van der Waals surface area contributed by atoms with Crippen LogP contribution in [0.15, 0.2) is 30.5 Å². The van der Waals surface area contributed by atoms with Crippen molar-refractivity contribution >= 4 is 5.91 Å². The number of likely N-dealkylation sites (tertiary alicyclic amines) is 1. The van der Waals surface area contributed by atoms with Gasteiger partial charge in [-0.2, -0.15) is 0 Å². The third-order valence-electron chi connectivity index (χ3n) is 5.45. The standard InChI is InChI=1S/C20H23FN4O2/c1-3-27-13-4-5-15(21)14(12-13)16-7-10-22-18(23-16)17-6-8-20(24-17)9-11-25(2)19(20)26/h4-5,7,10,12,17,24H,3,6,8-9,11H2,1-2H3/t17-,20+/m0/s1. The number of ether oxygens (including phenoxy) is 1. The van der Waals surface area contributed by atoms with Crippen LogP contribution >= 0.6 is 0 Å². The summed E-state index contributed by atoms with van der Waals surface area (Å²) in [6.45, 7) is 3.15. The van der Waals surface area contributed by atoms with E-state index in [1.54, 1.807) is 29.3 Å². The predicted octanol–water partition coefficient (Wildman–Crippen LogP) is 2.71. The van der Waals surface area contributed by atoms with Crippen LogP contribution in [0, 0.1) is 5.82 Å². The van der Waals surface area contributed by atoms with E-state index in [2.05, 4.69) is 15.3 Å². The minimum absolute atomic E-state index is 0.112. The number of nitrogens with zero attached hydrogens (tertiary/aromatic N) is 3. The predicted molar refractivity (Wildman–Crippen MR) is 98.7 cm³/mol. The summed E-state index contributed by atoms with van der Waals surface area (Å²) < 4.78 is 19.8. The van der Waals surface area contributed by atoms with Crippen LogP contribution in [0.1, 0.15) is 38.1 Å². The Morgan fingerprint density at radius 2 is 2.22 bits per heavy atom. The number of carbonyl (C=O) groups is 1. The van der Waals surface area contributed by atoms with E-state index < -0.39 is 5.54 Å². The zero-order chi connectivity index (χ0) is 19.0. The van der Waals surface area contributed by atoms with Gasteiger partial charge >= 0.3 is 0 Å². The highest BCUT2D eigenvalue weighted by Crippen LogP contribution is 2.38. The molecule has 4 rings (SSSR count). The average Bonchev–Trinajstić information content (AvgIpc) is 3.24. The lowest BCUT2D eigenvalue weighted by atomic mass is 9.96. The Balaban J connectivity index is 1.61. The van der Waals surface area contributed by atoms with Gasteiger partial charge in [-0.15, -0.1) is 0 Å². The summed E-state index contributed by atoms with van der Waals surface area (Å²) in [7, 11) is 1.83. The van der Waals surface area contributed by atoms with Crippen LogP contribution in [-0.4, -0.2) is 46.5 Å². The molecule has 142 valence electrons. The smallest absolute Gasteiger partial charge is 0.242 e. The molecule has 0 aliphatic carbocycles. The van der Waals surface area contributed by atoms with Crippen molar-refractivity contribution < 1.29 is 13.9 Å². The van der Waals surface area contributed by atoms with Crippen molar-refractivity contribution in [1.29, 1.82) is 0 Å². The van der Waals surface area contributed by atoms with Crippen molar-refractivity contribution in [3.05, 3.63) is 42.1 Å². The molecule has 27 heavy (non-hydrogen) atoms. The molecule has 0 saturated carbocycles. The Morgan fingerprint density at radius 3 is 2.96 bits per heavy atom. The van der Waals surface area contributed by atoms with Crippen molar-refractivity contribution in [2.75, 3.05) is 20.2 Å². The minimum atomic E-state index is -0.501. The minimum Gasteiger partial charge on any atom is -0.494 e. The Hall–Kier alpha value is -2.54. The summed E-state index contributed by atoms with van der Waals surface area (Å²) in [6, 6.07) is 6.23.